The summed E-state index contributed by atoms with van der Waals surface area (Å²) in [5.41, 5.74) is 2.04. The van der Waals surface area contributed by atoms with E-state index in [1.54, 1.807) is 6.20 Å². The predicted molar refractivity (Wildman–Crippen MR) is 72.3 cm³/mol. The van der Waals surface area contributed by atoms with E-state index >= 15 is 0 Å². The van der Waals surface area contributed by atoms with Crippen molar-refractivity contribution < 1.29 is 4.79 Å². The van der Waals surface area contributed by atoms with Gasteiger partial charge in [-0.15, -0.1) is 0 Å². The molecule has 1 N–H and O–H groups in total. The summed E-state index contributed by atoms with van der Waals surface area (Å²) in [4.78, 5) is 18.2. The maximum Gasteiger partial charge on any atom is 0.222 e. The molecule has 1 aliphatic rings. The smallest absolute Gasteiger partial charge is 0.222 e. The summed E-state index contributed by atoms with van der Waals surface area (Å²) in [5, 5.41) is 3.27. The Morgan fingerprint density at radius 1 is 1.39 bits per heavy atom. The number of nitrogens with zero attached hydrogens (tertiary/aromatic N) is 2. The topological polar surface area (TPSA) is 45.2 Å². The number of likely N-dealkylation sites (tertiary alicyclic amines) is 1. The quantitative estimate of drug-likeness (QED) is 0.888. The molecule has 0 atom stereocenters. The van der Waals surface area contributed by atoms with Crippen molar-refractivity contribution in [2.24, 2.45) is 0 Å². The van der Waals surface area contributed by atoms with E-state index in [0.29, 0.717) is 13.0 Å². The zero-order valence-electron chi connectivity index (χ0n) is 11.0. The molecular weight excluding hydrogens is 226 g/mol. The number of amides is 1. The molecule has 2 rings (SSSR count). The summed E-state index contributed by atoms with van der Waals surface area (Å²) < 4.78 is 0. The van der Waals surface area contributed by atoms with Crippen LogP contribution in [0.25, 0.3) is 0 Å². The molecule has 0 unspecified atom stereocenters. The highest BCUT2D eigenvalue weighted by molar-refractivity contribution is 5.76. The minimum absolute atomic E-state index is 0.267. The minimum Gasteiger partial charge on any atom is -0.385 e. The van der Waals surface area contributed by atoms with E-state index < -0.39 is 0 Å². The molecule has 98 valence electrons. The van der Waals surface area contributed by atoms with E-state index in [1.807, 2.05) is 17.0 Å². The lowest BCUT2D eigenvalue weighted by Gasteiger charge is -2.20. The largest absolute Gasteiger partial charge is 0.385 e. The van der Waals surface area contributed by atoms with Crippen LogP contribution >= 0.6 is 0 Å². The molecule has 18 heavy (non-hydrogen) atoms. The van der Waals surface area contributed by atoms with E-state index in [0.717, 1.165) is 43.7 Å². The first-order chi connectivity index (χ1) is 8.79. The fourth-order valence-electron chi connectivity index (χ4n) is 2.28. The molecule has 4 heteroatoms. The highest BCUT2D eigenvalue weighted by Gasteiger charge is 2.17. The van der Waals surface area contributed by atoms with E-state index in [1.165, 1.54) is 0 Å². The Kier molecular flexibility index (Phi) is 4.56. The molecule has 1 aromatic rings. The number of pyridine rings is 1. The molecule has 1 amide bonds. The molecule has 0 bridgehead atoms. The van der Waals surface area contributed by atoms with Crippen LogP contribution in [-0.2, 0) is 11.3 Å². The Morgan fingerprint density at radius 3 is 3.11 bits per heavy atom. The van der Waals surface area contributed by atoms with Gasteiger partial charge >= 0.3 is 0 Å². The van der Waals surface area contributed by atoms with Gasteiger partial charge in [-0.3, -0.25) is 9.78 Å². The molecule has 1 fully saturated rings. The van der Waals surface area contributed by atoms with Crippen LogP contribution in [-0.4, -0.2) is 28.9 Å². The first-order valence-electron chi connectivity index (χ1n) is 6.76. The highest BCUT2D eigenvalue weighted by atomic mass is 16.2. The van der Waals surface area contributed by atoms with Gasteiger partial charge in [-0.05, 0) is 31.9 Å². The molecule has 2 heterocycles. The van der Waals surface area contributed by atoms with E-state index in [9.17, 15) is 4.79 Å². The van der Waals surface area contributed by atoms with Gasteiger partial charge in [0.15, 0.2) is 0 Å². The normalized spacial score (nSPS) is 16.5. The van der Waals surface area contributed by atoms with Gasteiger partial charge < -0.3 is 10.2 Å². The second-order valence-corrected chi connectivity index (χ2v) is 4.69. The van der Waals surface area contributed by atoms with Crippen LogP contribution in [0.2, 0.25) is 0 Å². The third-order valence-electron chi connectivity index (χ3n) is 3.22. The fraction of sp³-hybridized carbons (Fsp3) is 0.571. The number of hydrogen-bond acceptors (Lipinski definition) is 3. The second kappa shape index (κ2) is 6.38. The molecule has 1 aliphatic heterocycles. The lowest BCUT2D eigenvalue weighted by Crippen LogP contribution is -2.30. The molecule has 0 radical (unpaired) electrons. The van der Waals surface area contributed by atoms with Gasteiger partial charge in [0.1, 0.15) is 0 Å². The summed E-state index contributed by atoms with van der Waals surface area (Å²) in [5.74, 6) is 0.267. The van der Waals surface area contributed by atoms with Gasteiger partial charge in [0.05, 0.1) is 12.2 Å². The molecule has 0 spiro atoms. The third kappa shape index (κ3) is 3.45. The SMILES string of the molecule is CCNc1ccnc(CN2CCCCCC2=O)c1. The van der Waals surface area contributed by atoms with Crippen LogP contribution in [0.1, 0.15) is 38.3 Å². The summed E-state index contributed by atoms with van der Waals surface area (Å²) in [6.45, 7) is 4.47. The van der Waals surface area contributed by atoms with Gasteiger partial charge in [-0.1, -0.05) is 6.42 Å². The maximum atomic E-state index is 11.9. The van der Waals surface area contributed by atoms with Crippen LogP contribution in [0, 0.1) is 0 Å². The molecule has 0 saturated carbocycles. The number of carbonyl (C=O) groups excluding carboxylic acids is 1. The first kappa shape index (κ1) is 12.9. The molecule has 0 aliphatic carbocycles. The monoisotopic (exact) mass is 247 g/mol. The number of rotatable bonds is 4. The Bertz CT molecular complexity index is 406. The lowest BCUT2D eigenvalue weighted by atomic mass is 10.2. The van der Waals surface area contributed by atoms with Gasteiger partial charge in [0.2, 0.25) is 5.91 Å². The summed E-state index contributed by atoms with van der Waals surface area (Å²) in [7, 11) is 0. The Morgan fingerprint density at radius 2 is 2.28 bits per heavy atom. The lowest BCUT2D eigenvalue weighted by molar-refractivity contribution is -0.131. The van der Waals surface area contributed by atoms with E-state index in [4.69, 9.17) is 0 Å². The van der Waals surface area contributed by atoms with E-state index in [2.05, 4.69) is 17.2 Å². The standard InChI is InChI=1S/C14H21N3O/c1-2-15-12-7-8-16-13(10-12)11-17-9-5-3-4-6-14(17)18/h7-8,10H,2-6,9,11H2,1H3,(H,15,16). The minimum atomic E-state index is 0.267. The van der Waals surface area contributed by atoms with Crippen LogP contribution in [0.15, 0.2) is 18.3 Å². The van der Waals surface area contributed by atoms with Crippen molar-refractivity contribution in [2.45, 2.75) is 39.2 Å². The fourth-order valence-corrected chi connectivity index (χ4v) is 2.28. The zero-order chi connectivity index (χ0) is 12.8. The number of hydrogen-bond donors (Lipinski definition) is 1. The van der Waals surface area contributed by atoms with Gasteiger partial charge in [0, 0.05) is 31.4 Å². The summed E-state index contributed by atoms with van der Waals surface area (Å²) in [6.07, 6.45) is 5.79. The van der Waals surface area contributed by atoms with E-state index in [-0.39, 0.29) is 5.91 Å². The summed E-state index contributed by atoms with van der Waals surface area (Å²) in [6, 6.07) is 3.99. The summed E-state index contributed by atoms with van der Waals surface area (Å²) >= 11 is 0. The molecule has 1 aromatic heterocycles. The second-order valence-electron chi connectivity index (χ2n) is 4.69. The highest BCUT2D eigenvalue weighted by Crippen LogP contribution is 2.15. The van der Waals surface area contributed by atoms with Crippen LogP contribution < -0.4 is 5.32 Å². The average molecular weight is 247 g/mol. The van der Waals surface area contributed by atoms with Gasteiger partial charge in [-0.2, -0.15) is 0 Å². The Balaban J connectivity index is 2.02. The number of carbonyl (C=O) groups is 1. The third-order valence-corrected chi connectivity index (χ3v) is 3.22. The molecule has 1 saturated heterocycles. The van der Waals surface area contributed by atoms with Crippen molar-refractivity contribution in [3.63, 3.8) is 0 Å². The van der Waals surface area contributed by atoms with Crippen molar-refractivity contribution in [1.29, 1.82) is 0 Å². The molecule has 4 nitrogen and oxygen atoms in total. The number of anilines is 1. The van der Waals surface area contributed by atoms with Gasteiger partial charge in [0.25, 0.3) is 0 Å². The molecular formula is C14H21N3O. The van der Waals surface area contributed by atoms with Crippen LogP contribution in [0.3, 0.4) is 0 Å². The van der Waals surface area contributed by atoms with Crippen LogP contribution in [0.5, 0.6) is 0 Å². The molecule has 0 aromatic carbocycles. The van der Waals surface area contributed by atoms with Crippen molar-refractivity contribution in [2.75, 3.05) is 18.4 Å². The van der Waals surface area contributed by atoms with Crippen molar-refractivity contribution in [3.8, 4) is 0 Å². The predicted octanol–water partition coefficient (Wildman–Crippen LogP) is 2.42. The Labute approximate surface area is 108 Å². The van der Waals surface area contributed by atoms with Gasteiger partial charge in [-0.25, -0.2) is 0 Å². The number of nitrogens with one attached hydrogen (secondary N) is 1. The van der Waals surface area contributed by atoms with Crippen molar-refractivity contribution >= 4 is 11.6 Å². The number of aromatic nitrogens is 1. The zero-order valence-corrected chi connectivity index (χ0v) is 11.0. The Hall–Kier alpha value is -1.58. The van der Waals surface area contributed by atoms with Crippen LogP contribution in [0.4, 0.5) is 5.69 Å². The van der Waals surface area contributed by atoms with Crippen molar-refractivity contribution in [1.82, 2.24) is 9.88 Å². The van der Waals surface area contributed by atoms with Crippen molar-refractivity contribution in [3.05, 3.63) is 24.0 Å². The maximum absolute atomic E-state index is 11.9. The first-order valence-corrected chi connectivity index (χ1v) is 6.76. The average Bonchev–Trinajstić information content (AvgIpc) is 2.56.